The maximum atomic E-state index is 13.0. The van der Waals surface area contributed by atoms with Crippen LogP contribution in [0.4, 0.5) is 0 Å². The number of carbonyl (C=O) groups excluding carboxylic acids is 2. The fraction of sp³-hybridized carbons (Fsp3) is 0.120. The standard InChI is InChI=1S/C25H21N3O4/c1-2-13-32-20-9-7-18(8-10-20)23(29)21-22(19-6-4-12-27-15-19)28(25(31)24(21)30)16-17-5-3-11-26-14-17/h2-12,14-15,22,29H,1,13,16H2/b23-21+/t22-/m0/s1. The number of pyridine rings is 2. The van der Waals surface area contributed by atoms with Crippen molar-refractivity contribution in [2.75, 3.05) is 6.61 Å². The number of aliphatic hydroxyl groups is 1. The largest absolute Gasteiger partial charge is 0.507 e. The van der Waals surface area contributed by atoms with Gasteiger partial charge in [0, 0.05) is 36.9 Å². The second kappa shape index (κ2) is 9.26. The number of amides is 1. The Morgan fingerprint density at radius 3 is 2.41 bits per heavy atom. The van der Waals surface area contributed by atoms with Gasteiger partial charge in [-0.15, -0.1) is 0 Å². The summed E-state index contributed by atoms with van der Waals surface area (Å²) in [6.07, 6.45) is 8.11. The van der Waals surface area contributed by atoms with Crippen LogP contribution in [0.5, 0.6) is 5.75 Å². The van der Waals surface area contributed by atoms with E-state index in [0.29, 0.717) is 23.5 Å². The first-order chi connectivity index (χ1) is 15.6. The van der Waals surface area contributed by atoms with E-state index >= 15 is 0 Å². The molecule has 1 fully saturated rings. The number of carbonyl (C=O) groups is 2. The van der Waals surface area contributed by atoms with Gasteiger partial charge >= 0.3 is 0 Å². The van der Waals surface area contributed by atoms with Gasteiger partial charge < -0.3 is 14.7 Å². The van der Waals surface area contributed by atoms with Crippen molar-refractivity contribution in [1.82, 2.24) is 14.9 Å². The molecule has 3 heterocycles. The number of nitrogens with zero attached hydrogens (tertiary/aromatic N) is 3. The van der Waals surface area contributed by atoms with Crippen LogP contribution in [0.1, 0.15) is 22.7 Å². The van der Waals surface area contributed by atoms with Gasteiger partial charge in [-0.25, -0.2) is 0 Å². The van der Waals surface area contributed by atoms with Gasteiger partial charge in [-0.2, -0.15) is 0 Å². The summed E-state index contributed by atoms with van der Waals surface area (Å²) in [5.41, 5.74) is 1.82. The highest BCUT2D eigenvalue weighted by Gasteiger charge is 2.46. The van der Waals surface area contributed by atoms with Crippen LogP contribution in [0, 0.1) is 0 Å². The first-order valence-electron chi connectivity index (χ1n) is 10.0. The van der Waals surface area contributed by atoms with Crippen LogP contribution in [0.15, 0.2) is 91.5 Å². The van der Waals surface area contributed by atoms with Crippen molar-refractivity contribution in [1.29, 1.82) is 0 Å². The average Bonchev–Trinajstić information content (AvgIpc) is 3.09. The van der Waals surface area contributed by atoms with Crippen LogP contribution < -0.4 is 4.74 Å². The fourth-order valence-electron chi connectivity index (χ4n) is 3.64. The third-order valence-electron chi connectivity index (χ3n) is 5.11. The summed E-state index contributed by atoms with van der Waals surface area (Å²) in [5.74, 6) is -1.08. The van der Waals surface area contributed by atoms with E-state index in [-0.39, 0.29) is 17.9 Å². The molecule has 0 saturated carbocycles. The Labute approximate surface area is 185 Å². The molecule has 1 aliphatic heterocycles. The minimum Gasteiger partial charge on any atom is -0.507 e. The smallest absolute Gasteiger partial charge is 0.295 e. The predicted molar refractivity (Wildman–Crippen MR) is 118 cm³/mol. The van der Waals surface area contributed by atoms with E-state index < -0.39 is 17.7 Å². The molecule has 0 spiro atoms. The van der Waals surface area contributed by atoms with Crippen molar-refractivity contribution < 1.29 is 19.4 Å². The minimum atomic E-state index is -0.777. The maximum absolute atomic E-state index is 13.0. The van der Waals surface area contributed by atoms with Crippen molar-refractivity contribution in [2.45, 2.75) is 12.6 Å². The van der Waals surface area contributed by atoms with Gasteiger partial charge in [0.2, 0.25) is 0 Å². The lowest BCUT2D eigenvalue weighted by Crippen LogP contribution is -2.29. The number of hydrogen-bond donors (Lipinski definition) is 1. The second-order valence-electron chi connectivity index (χ2n) is 7.20. The maximum Gasteiger partial charge on any atom is 0.295 e. The first-order valence-corrected chi connectivity index (χ1v) is 10.0. The highest BCUT2D eigenvalue weighted by molar-refractivity contribution is 6.46. The topological polar surface area (TPSA) is 92.6 Å². The van der Waals surface area contributed by atoms with Gasteiger partial charge in [0.25, 0.3) is 11.7 Å². The molecule has 0 unspecified atom stereocenters. The number of aliphatic hydroxyl groups excluding tert-OH is 1. The molecular formula is C25H21N3O4. The van der Waals surface area contributed by atoms with E-state index in [1.165, 1.54) is 4.90 Å². The van der Waals surface area contributed by atoms with E-state index in [1.54, 1.807) is 73.3 Å². The molecule has 1 aromatic carbocycles. The Bertz CT molecular complexity index is 1160. The lowest BCUT2D eigenvalue weighted by molar-refractivity contribution is -0.140. The van der Waals surface area contributed by atoms with Crippen molar-refractivity contribution >= 4 is 17.4 Å². The fourth-order valence-corrected chi connectivity index (χ4v) is 3.64. The zero-order valence-electron chi connectivity index (χ0n) is 17.2. The Kier molecular flexibility index (Phi) is 6.07. The normalized spacial score (nSPS) is 17.4. The quantitative estimate of drug-likeness (QED) is 0.268. The third kappa shape index (κ3) is 4.13. The number of benzene rings is 1. The zero-order valence-corrected chi connectivity index (χ0v) is 17.2. The van der Waals surface area contributed by atoms with E-state index in [9.17, 15) is 14.7 Å². The second-order valence-corrected chi connectivity index (χ2v) is 7.20. The SMILES string of the molecule is C=CCOc1ccc(/C(O)=C2\C(=O)C(=O)N(Cc3cccnc3)[C@H]2c2cccnc2)cc1. The molecule has 1 saturated heterocycles. The number of Topliss-reactive ketones (excluding diaryl/α,β-unsaturated/α-hetero) is 1. The van der Waals surface area contributed by atoms with Crippen molar-refractivity contribution in [3.05, 3.63) is 108 Å². The number of rotatable bonds is 7. The van der Waals surface area contributed by atoms with Crippen LogP contribution in [-0.4, -0.2) is 38.3 Å². The lowest BCUT2D eigenvalue weighted by atomic mass is 9.96. The van der Waals surface area contributed by atoms with Gasteiger partial charge in [-0.3, -0.25) is 19.6 Å². The molecular weight excluding hydrogens is 406 g/mol. The van der Waals surface area contributed by atoms with Crippen LogP contribution in [0.25, 0.3) is 5.76 Å². The predicted octanol–water partition coefficient (Wildman–Crippen LogP) is 3.66. The summed E-state index contributed by atoms with van der Waals surface area (Å²) >= 11 is 0. The number of likely N-dealkylation sites (tertiary alicyclic amines) is 1. The van der Waals surface area contributed by atoms with Gasteiger partial charge in [-0.1, -0.05) is 24.8 Å². The van der Waals surface area contributed by atoms with E-state index in [1.807, 2.05) is 6.07 Å². The Morgan fingerprint density at radius 2 is 1.78 bits per heavy atom. The summed E-state index contributed by atoms with van der Waals surface area (Å²) in [7, 11) is 0. The highest BCUT2D eigenvalue weighted by atomic mass is 16.5. The molecule has 7 heteroatoms. The Balaban J connectivity index is 1.77. The molecule has 0 bridgehead atoms. The molecule has 32 heavy (non-hydrogen) atoms. The number of hydrogen-bond acceptors (Lipinski definition) is 6. The van der Waals surface area contributed by atoms with Crippen LogP contribution in [0.2, 0.25) is 0 Å². The molecule has 1 atom stereocenters. The molecule has 3 aromatic rings. The van der Waals surface area contributed by atoms with Crippen LogP contribution >= 0.6 is 0 Å². The summed E-state index contributed by atoms with van der Waals surface area (Å²) in [5, 5.41) is 11.1. The highest BCUT2D eigenvalue weighted by Crippen LogP contribution is 2.40. The van der Waals surface area contributed by atoms with Gasteiger partial charge in [-0.05, 0) is 47.5 Å². The van der Waals surface area contributed by atoms with Gasteiger partial charge in [0.05, 0.1) is 11.6 Å². The molecule has 0 aliphatic carbocycles. The summed E-state index contributed by atoms with van der Waals surface area (Å²) in [6.45, 7) is 4.13. The van der Waals surface area contributed by atoms with E-state index in [4.69, 9.17) is 4.74 Å². The number of aromatic nitrogens is 2. The molecule has 1 aliphatic rings. The van der Waals surface area contributed by atoms with E-state index in [0.717, 1.165) is 5.56 Å². The van der Waals surface area contributed by atoms with Crippen LogP contribution in [0.3, 0.4) is 0 Å². The molecule has 1 amide bonds. The van der Waals surface area contributed by atoms with Gasteiger partial charge in [0.1, 0.15) is 18.1 Å². The van der Waals surface area contributed by atoms with Gasteiger partial charge in [0.15, 0.2) is 0 Å². The first kappa shape index (κ1) is 21.0. The monoisotopic (exact) mass is 427 g/mol. The number of ether oxygens (including phenoxy) is 1. The molecule has 0 radical (unpaired) electrons. The summed E-state index contributed by atoms with van der Waals surface area (Å²) in [4.78, 5) is 35.7. The molecule has 7 nitrogen and oxygen atoms in total. The van der Waals surface area contributed by atoms with E-state index in [2.05, 4.69) is 16.5 Å². The molecule has 4 rings (SSSR count). The van der Waals surface area contributed by atoms with Crippen LogP contribution in [-0.2, 0) is 16.1 Å². The molecule has 160 valence electrons. The molecule has 2 aromatic heterocycles. The number of ketones is 1. The third-order valence-corrected chi connectivity index (χ3v) is 5.11. The minimum absolute atomic E-state index is 0.0200. The molecule has 1 N–H and O–H groups in total. The Hall–Kier alpha value is -4.26. The lowest BCUT2D eigenvalue weighted by Gasteiger charge is -2.25. The zero-order chi connectivity index (χ0) is 22.5. The van der Waals surface area contributed by atoms with Crippen molar-refractivity contribution in [2.24, 2.45) is 0 Å². The van der Waals surface area contributed by atoms with Crippen molar-refractivity contribution in [3.8, 4) is 5.75 Å². The summed E-state index contributed by atoms with van der Waals surface area (Å²) in [6, 6.07) is 13.0. The Morgan fingerprint density at radius 1 is 1.06 bits per heavy atom. The summed E-state index contributed by atoms with van der Waals surface area (Å²) < 4.78 is 5.47. The average molecular weight is 427 g/mol. The van der Waals surface area contributed by atoms with Crippen molar-refractivity contribution in [3.63, 3.8) is 0 Å².